The van der Waals surface area contributed by atoms with E-state index >= 15 is 0 Å². The third-order valence-corrected chi connectivity index (χ3v) is 6.48. The van der Waals surface area contributed by atoms with Gasteiger partial charge >= 0.3 is 17.9 Å². The van der Waals surface area contributed by atoms with E-state index in [9.17, 15) is 14.4 Å². The van der Waals surface area contributed by atoms with E-state index < -0.39 is 41.4 Å². The van der Waals surface area contributed by atoms with Gasteiger partial charge in [0.1, 0.15) is 17.6 Å². The molecular weight excluding hydrogens is 396 g/mol. The van der Waals surface area contributed by atoms with Crippen molar-refractivity contribution in [3.8, 4) is 0 Å². The first-order valence-corrected chi connectivity index (χ1v) is 10.3. The summed E-state index contributed by atoms with van der Waals surface area (Å²) in [4.78, 5) is 37.6. The van der Waals surface area contributed by atoms with Crippen molar-refractivity contribution in [3.63, 3.8) is 0 Å². The first-order valence-electron chi connectivity index (χ1n) is 10.3. The summed E-state index contributed by atoms with van der Waals surface area (Å²) in [5.41, 5.74) is 2.72. The Bertz CT molecular complexity index is 1080. The standard InChI is InChI=1S/C25H22O6/c1-13(2)22(26)30-14(3)12-29-25-17-10-6-4-8-15(17)19(16-9-5-7-11-18(16)25)20-21(25)24(28)31-23(20)27/h4-11,14,19-21H,1,12H2,2-3H3. The predicted molar refractivity (Wildman–Crippen MR) is 110 cm³/mol. The molecule has 0 aromatic heterocycles. The quantitative estimate of drug-likeness (QED) is 0.421. The largest absolute Gasteiger partial charge is 0.457 e. The van der Waals surface area contributed by atoms with Crippen LogP contribution in [0, 0.1) is 11.8 Å². The van der Waals surface area contributed by atoms with Crippen LogP contribution in [0.15, 0.2) is 60.7 Å². The zero-order valence-electron chi connectivity index (χ0n) is 17.3. The highest BCUT2D eigenvalue weighted by molar-refractivity contribution is 6.00. The van der Waals surface area contributed by atoms with Crippen molar-refractivity contribution in [2.45, 2.75) is 31.5 Å². The smallest absolute Gasteiger partial charge is 0.333 e. The van der Waals surface area contributed by atoms with Crippen molar-refractivity contribution in [1.82, 2.24) is 0 Å². The molecule has 3 unspecified atom stereocenters. The van der Waals surface area contributed by atoms with E-state index in [1.54, 1.807) is 13.8 Å². The fourth-order valence-electron chi connectivity index (χ4n) is 5.32. The van der Waals surface area contributed by atoms with Gasteiger partial charge in [-0.25, -0.2) is 4.79 Å². The van der Waals surface area contributed by atoms with Crippen molar-refractivity contribution in [1.29, 1.82) is 0 Å². The number of cyclic esters (lactones) is 2. The summed E-state index contributed by atoms with van der Waals surface area (Å²) < 4.78 is 17.0. The number of carbonyl (C=O) groups is 3. The van der Waals surface area contributed by atoms with Crippen molar-refractivity contribution in [3.05, 3.63) is 82.9 Å². The fraction of sp³-hybridized carbons (Fsp3) is 0.320. The van der Waals surface area contributed by atoms with Crippen LogP contribution in [0.2, 0.25) is 0 Å². The van der Waals surface area contributed by atoms with E-state index in [2.05, 4.69) is 6.58 Å². The summed E-state index contributed by atoms with van der Waals surface area (Å²) in [5.74, 6) is -3.30. The molecule has 6 nitrogen and oxygen atoms in total. The molecule has 158 valence electrons. The molecule has 0 N–H and O–H groups in total. The Morgan fingerprint density at radius 1 is 1.06 bits per heavy atom. The van der Waals surface area contributed by atoms with Crippen molar-refractivity contribution in [2.24, 2.45) is 11.8 Å². The summed E-state index contributed by atoms with van der Waals surface area (Å²) in [5, 5.41) is 0. The van der Waals surface area contributed by atoms with Gasteiger partial charge in [-0.3, -0.25) is 9.59 Å². The van der Waals surface area contributed by atoms with Gasteiger partial charge in [-0.05, 0) is 36.1 Å². The molecule has 6 rings (SSSR count). The summed E-state index contributed by atoms with van der Waals surface area (Å²) in [6.45, 7) is 6.94. The maximum absolute atomic E-state index is 12.9. The molecule has 0 saturated carbocycles. The third-order valence-electron chi connectivity index (χ3n) is 6.48. The maximum atomic E-state index is 12.9. The SMILES string of the molecule is C=C(C)C(=O)OC(C)COC12c3ccccc3C(c3ccccc31)C1C(=O)OC(=O)C12. The molecule has 4 aliphatic rings. The van der Waals surface area contributed by atoms with Gasteiger partial charge in [0, 0.05) is 11.5 Å². The lowest BCUT2D eigenvalue weighted by atomic mass is 9.52. The highest BCUT2D eigenvalue weighted by Gasteiger charge is 2.68. The zero-order valence-corrected chi connectivity index (χ0v) is 17.3. The molecule has 0 amide bonds. The number of hydrogen-bond acceptors (Lipinski definition) is 6. The molecule has 2 aromatic rings. The van der Waals surface area contributed by atoms with Crippen LogP contribution in [0.4, 0.5) is 0 Å². The van der Waals surface area contributed by atoms with E-state index in [0.717, 1.165) is 22.3 Å². The number of rotatable bonds is 5. The third kappa shape index (κ3) is 2.64. The molecule has 3 atom stereocenters. The van der Waals surface area contributed by atoms with Gasteiger partial charge in [0.2, 0.25) is 0 Å². The van der Waals surface area contributed by atoms with Crippen LogP contribution in [0.1, 0.15) is 42.0 Å². The number of carbonyl (C=O) groups excluding carboxylic acids is 3. The Morgan fingerprint density at radius 3 is 2.23 bits per heavy atom. The van der Waals surface area contributed by atoms with E-state index in [0.29, 0.717) is 5.57 Å². The molecule has 3 aliphatic carbocycles. The average molecular weight is 418 g/mol. The fourth-order valence-corrected chi connectivity index (χ4v) is 5.32. The van der Waals surface area contributed by atoms with Crippen LogP contribution < -0.4 is 0 Å². The molecule has 0 spiro atoms. The van der Waals surface area contributed by atoms with Gasteiger partial charge in [0.25, 0.3) is 0 Å². The number of ether oxygens (including phenoxy) is 3. The molecule has 0 radical (unpaired) electrons. The highest BCUT2D eigenvalue weighted by atomic mass is 16.6. The molecule has 1 fully saturated rings. The number of hydrogen-bond donors (Lipinski definition) is 0. The second kappa shape index (κ2) is 6.89. The van der Waals surface area contributed by atoms with Crippen LogP contribution in [-0.4, -0.2) is 30.6 Å². The summed E-state index contributed by atoms with van der Waals surface area (Å²) in [7, 11) is 0. The molecule has 31 heavy (non-hydrogen) atoms. The predicted octanol–water partition coefficient (Wildman–Crippen LogP) is 3.23. The average Bonchev–Trinajstić information content (AvgIpc) is 3.07. The normalized spacial score (nSPS) is 28.3. The Morgan fingerprint density at radius 2 is 1.65 bits per heavy atom. The van der Waals surface area contributed by atoms with Crippen molar-refractivity contribution >= 4 is 17.9 Å². The molecule has 2 aromatic carbocycles. The lowest BCUT2D eigenvalue weighted by Gasteiger charge is -2.53. The lowest BCUT2D eigenvalue weighted by molar-refractivity contribution is -0.164. The van der Waals surface area contributed by atoms with E-state index in [4.69, 9.17) is 14.2 Å². The van der Waals surface area contributed by atoms with E-state index in [-0.39, 0.29) is 12.5 Å². The second-order valence-corrected chi connectivity index (χ2v) is 8.44. The van der Waals surface area contributed by atoms with Crippen molar-refractivity contribution in [2.75, 3.05) is 6.61 Å². The Hall–Kier alpha value is -3.25. The maximum Gasteiger partial charge on any atom is 0.333 e. The van der Waals surface area contributed by atoms with Crippen LogP contribution >= 0.6 is 0 Å². The zero-order chi connectivity index (χ0) is 21.9. The van der Waals surface area contributed by atoms with Gasteiger partial charge in [0.15, 0.2) is 0 Å². The molecule has 1 aliphatic heterocycles. The van der Waals surface area contributed by atoms with Crippen LogP contribution in [0.5, 0.6) is 0 Å². The topological polar surface area (TPSA) is 78.9 Å². The molecular formula is C25H22O6. The first kappa shape index (κ1) is 19.7. The van der Waals surface area contributed by atoms with E-state index in [1.807, 2.05) is 48.5 Å². The van der Waals surface area contributed by atoms with Gasteiger partial charge < -0.3 is 14.2 Å². The first-order chi connectivity index (χ1) is 14.9. The Kier molecular flexibility index (Phi) is 4.38. The van der Waals surface area contributed by atoms with Gasteiger partial charge in [-0.2, -0.15) is 0 Å². The second-order valence-electron chi connectivity index (χ2n) is 8.44. The van der Waals surface area contributed by atoms with Crippen LogP contribution in [0.25, 0.3) is 0 Å². The monoisotopic (exact) mass is 418 g/mol. The summed E-state index contributed by atoms with van der Waals surface area (Å²) in [6, 6.07) is 15.5. The van der Waals surface area contributed by atoms with Gasteiger partial charge in [-0.15, -0.1) is 0 Å². The minimum absolute atomic E-state index is 0.0387. The molecule has 1 heterocycles. The number of benzene rings is 2. The summed E-state index contributed by atoms with van der Waals surface area (Å²) in [6.07, 6.45) is -0.580. The minimum atomic E-state index is -1.19. The Balaban J connectivity index is 1.65. The van der Waals surface area contributed by atoms with Gasteiger partial charge in [-0.1, -0.05) is 55.1 Å². The molecule has 1 saturated heterocycles. The molecule has 6 heteroatoms. The lowest BCUT2D eigenvalue weighted by Crippen LogP contribution is -2.55. The van der Waals surface area contributed by atoms with Crippen LogP contribution in [0.3, 0.4) is 0 Å². The van der Waals surface area contributed by atoms with E-state index in [1.165, 1.54) is 0 Å². The summed E-state index contributed by atoms with van der Waals surface area (Å²) >= 11 is 0. The van der Waals surface area contributed by atoms with Crippen LogP contribution in [-0.2, 0) is 34.2 Å². The highest BCUT2D eigenvalue weighted by Crippen LogP contribution is 2.64. The number of esters is 3. The van der Waals surface area contributed by atoms with Crippen molar-refractivity contribution < 1.29 is 28.6 Å². The minimum Gasteiger partial charge on any atom is -0.457 e. The molecule has 2 bridgehead atoms. The Labute approximate surface area is 179 Å². The van der Waals surface area contributed by atoms with Gasteiger partial charge in [0.05, 0.1) is 12.5 Å².